The summed E-state index contributed by atoms with van der Waals surface area (Å²) in [6, 6.07) is 11.0. The Labute approximate surface area is 154 Å². The van der Waals surface area contributed by atoms with Crippen LogP contribution in [0, 0.1) is 0 Å². The highest BCUT2D eigenvalue weighted by molar-refractivity contribution is 5.85. The maximum atomic E-state index is 5.48. The summed E-state index contributed by atoms with van der Waals surface area (Å²) in [6.45, 7) is 6.57. The summed E-state index contributed by atoms with van der Waals surface area (Å²) < 4.78 is 5.48. The fourth-order valence-corrected chi connectivity index (χ4v) is 3.99. The van der Waals surface area contributed by atoms with Crippen molar-refractivity contribution in [1.29, 1.82) is 0 Å². The van der Waals surface area contributed by atoms with Crippen LogP contribution in [-0.2, 0) is 11.3 Å². The zero-order valence-electron chi connectivity index (χ0n) is 15.4. The standard InChI is InChI=1S/C20H27N5O/c1-21-20(25-9-7-17(15-25)24-10-12-26-13-11-24)23-14-19-18-5-3-2-4-16(18)6-8-22-19/h2-6,8,17H,7,9-15H2,1H3,(H,21,23). The molecule has 2 aliphatic heterocycles. The van der Waals surface area contributed by atoms with Crippen molar-refractivity contribution >= 4 is 16.7 Å². The highest BCUT2D eigenvalue weighted by Crippen LogP contribution is 2.18. The molecule has 0 amide bonds. The fourth-order valence-electron chi connectivity index (χ4n) is 3.99. The van der Waals surface area contributed by atoms with Crippen LogP contribution in [0.2, 0.25) is 0 Å². The summed E-state index contributed by atoms with van der Waals surface area (Å²) in [7, 11) is 1.86. The van der Waals surface area contributed by atoms with Crippen LogP contribution in [0.15, 0.2) is 41.5 Å². The molecular formula is C20H27N5O. The van der Waals surface area contributed by atoms with Gasteiger partial charge >= 0.3 is 0 Å². The van der Waals surface area contributed by atoms with Crippen molar-refractivity contribution in [3.8, 4) is 0 Å². The Morgan fingerprint density at radius 1 is 1.23 bits per heavy atom. The fraction of sp³-hybridized carbons (Fsp3) is 0.500. The van der Waals surface area contributed by atoms with E-state index in [2.05, 4.69) is 55.4 Å². The molecule has 1 aromatic carbocycles. The van der Waals surface area contributed by atoms with Crippen LogP contribution >= 0.6 is 0 Å². The Bertz CT molecular complexity index is 766. The minimum Gasteiger partial charge on any atom is -0.379 e. The molecule has 0 bridgehead atoms. The maximum absolute atomic E-state index is 5.48. The second-order valence-electron chi connectivity index (χ2n) is 6.92. The van der Waals surface area contributed by atoms with Gasteiger partial charge in [-0.15, -0.1) is 0 Å². The summed E-state index contributed by atoms with van der Waals surface area (Å²) in [5.41, 5.74) is 1.06. The van der Waals surface area contributed by atoms with Crippen LogP contribution in [0.4, 0.5) is 0 Å². The van der Waals surface area contributed by atoms with E-state index in [-0.39, 0.29) is 0 Å². The van der Waals surface area contributed by atoms with Gasteiger partial charge in [0.15, 0.2) is 5.96 Å². The summed E-state index contributed by atoms with van der Waals surface area (Å²) in [5, 5.41) is 5.94. The first kappa shape index (κ1) is 17.2. The number of nitrogens with one attached hydrogen (secondary N) is 1. The molecule has 2 aliphatic rings. The summed E-state index contributed by atoms with van der Waals surface area (Å²) in [5.74, 6) is 0.968. The number of ether oxygens (including phenoxy) is 1. The van der Waals surface area contributed by atoms with Gasteiger partial charge in [-0.2, -0.15) is 0 Å². The van der Waals surface area contributed by atoms with Crippen LogP contribution < -0.4 is 5.32 Å². The number of aromatic nitrogens is 1. The molecule has 26 heavy (non-hydrogen) atoms. The van der Waals surface area contributed by atoms with E-state index in [1.54, 1.807) is 0 Å². The summed E-state index contributed by atoms with van der Waals surface area (Å²) in [4.78, 5) is 14.0. The van der Waals surface area contributed by atoms with E-state index >= 15 is 0 Å². The Morgan fingerprint density at radius 2 is 2.08 bits per heavy atom. The molecule has 138 valence electrons. The van der Waals surface area contributed by atoms with E-state index in [4.69, 9.17) is 4.74 Å². The minimum absolute atomic E-state index is 0.605. The van der Waals surface area contributed by atoms with Crippen molar-refractivity contribution in [2.75, 3.05) is 46.4 Å². The lowest BCUT2D eigenvalue weighted by molar-refractivity contribution is 0.0195. The van der Waals surface area contributed by atoms with Crippen LogP contribution in [0.3, 0.4) is 0 Å². The van der Waals surface area contributed by atoms with Crippen molar-refractivity contribution in [2.24, 2.45) is 4.99 Å². The zero-order chi connectivity index (χ0) is 17.8. The molecule has 1 aromatic heterocycles. The highest BCUT2D eigenvalue weighted by atomic mass is 16.5. The third-order valence-electron chi connectivity index (χ3n) is 5.41. The summed E-state index contributed by atoms with van der Waals surface area (Å²) in [6.07, 6.45) is 3.07. The number of hydrogen-bond acceptors (Lipinski definition) is 4. The van der Waals surface area contributed by atoms with Crippen molar-refractivity contribution in [3.63, 3.8) is 0 Å². The van der Waals surface area contributed by atoms with Gasteiger partial charge in [-0.25, -0.2) is 0 Å². The Morgan fingerprint density at radius 3 is 2.92 bits per heavy atom. The molecule has 2 saturated heterocycles. The monoisotopic (exact) mass is 353 g/mol. The largest absolute Gasteiger partial charge is 0.379 e. The van der Waals surface area contributed by atoms with E-state index in [1.807, 2.05) is 13.2 Å². The van der Waals surface area contributed by atoms with E-state index in [0.29, 0.717) is 12.6 Å². The number of pyridine rings is 1. The van der Waals surface area contributed by atoms with E-state index in [0.717, 1.165) is 51.0 Å². The van der Waals surface area contributed by atoms with Gasteiger partial charge in [0.25, 0.3) is 0 Å². The molecule has 0 radical (unpaired) electrons. The number of aliphatic imine (C=N–C) groups is 1. The normalized spacial score (nSPS) is 22.1. The van der Waals surface area contributed by atoms with Crippen molar-refractivity contribution in [1.82, 2.24) is 20.1 Å². The Balaban J connectivity index is 1.39. The van der Waals surface area contributed by atoms with E-state index < -0.39 is 0 Å². The molecule has 6 heteroatoms. The average molecular weight is 353 g/mol. The predicted octanol–water partition coefficient (Wildman–Crippen LogP) is 1.72. The second kappa shape index (κ2) is 8.01. The van der Waals surface area contributed by atoms with Gasteiger partial charge in [-0.3, -0.25) is 14.9 Å². The van der Waals surface area contributed by atoms with Gasteiger partial charge in [0, 0.05) is 50.9 Å². The third kappa shape index (κ3) is 3.66. The average Bonchev–Trinajstić information content (AvgIpc) is 3.19. The molecule has 2 aromatic rings. The van der Waals surface area contributed by atoms with Gasteiger partial charge < -0.3 is 15.0 Å². The molecule has 1 atom stereocenters. The van der Waals surface area contributed by atoms with Gasteiger partial charge in [0.2, 0.25) is 0 Å². The number of fused-ring (bicyclic) bond motifs is 1. The maximum Gasteiger partial charge on any atom is 0.194 e. The summed E-state index contributed by atoms with van der Waals surface area (Å²) >= 11 is 0. The number of morpholine rings is 1. The number of benzene rings is 1. The molecule has 6 nitrogen and oxygen atoms in total. The number of likely N-dealkylation sites (tertiary alicyclic amines) is 1. The predicted molar refractivity (Wildman–Crippen MR) is 104 cm³/mol. The number of rotatable bonds is 3. The molecule has 1 unspecified atom stereocenters. The Hall–Kier alpha value is -2.18. The van der Waals surface area contributed by atoms with Crippen LogP contribution in [0.5, 0.6) is 0 Å². The van der Waals surface area contributed by atoms with Crippen molar-refractivity contribution in [2.45, 2.75) is 19.0 Å². The molecule has 4 rings (SSSR count). The first-order chi connectivity index (χ1) is 12.8. The molecule has 3 heterocycles. The zero-order valence-corrected chi connectivity index (χ0v) is 15.4. The molecule has 0 aliphatic carbocycles. The lowest BCUT2D eigenvalue weighted by Crippen LogP contribution is -2.46. The quantitative estimate of drug-likeness (QED) is 0.673. The topological polar surface area (TPSA) is 53.0 Å². The van der Waals surface area contributed by atoms with Crippen molar-refractivity contribution in [3.05, 3.63) is 42.2 Å². The number of guanidine groups is 1. The smallest absolute Gasteiger partial charge is 0.194 e. The minimum atomic E-state index is 0.605. The second-order valence-corrected chi connectivity index (χ2v) is 6.92. The molecule has 0 spiro atoms. The van der Waals surface area contributed by atoms with Crippen LogP contribution in [0.1, 0.15) is 12.1 Å². The van der Waals surface area contributed by atoms with Crippen LogP contribution in [0.25, 0.3) is 10.8 Å². The molecule has 2 fully saturated rings. The van der Waals surface area contributed by atoms with Gasteiger partial charge in [-0.05, 0) is 17.9 Å². The lowest BCUT2D eigenvalue weighted by Gasteiger charge is -2.32. The molecule has 0 saturated carbocycles. The number of hydrogen-bond donors (Lipinski definition) is 1. The first-order valence-corrected chi connectivity index (χ1v) is 9.45. The Kier molecular flexibility index (Phi) is 5.32. The van der Waals surface area contributed by atoms with Gasteiger partial charge in [-0.1, -0.05) is 24.3 Å². The van der Waals surface area contributed by atoms with Gasteiger partial charge in [0.05, 0.1) is 25.5 Å². The highest BCUT2D eigenvalue weighted by Gasteiger charge is 2.30. The number of nitrogens with zero attached hydrogens (tertiary/aromatic N) is 4. The van der Waals surface area contributed by atoms with E-state index in [9.17, 15) is 0 Å². The van der Waals surface area contributed by atoms with Crippen LogP contribution in [-0.4, -0.2) is 73.2 Å². The SMILES string of the molecule is CN=C(NCc1nccc2ccccc12)N1CCC(N2CCOCC2)C1. The first-order valence-electron chi connectivity index (χ1n) is 9.45. The van der Waals surface area contributed by atoms with Gasteiger partial charge in [0.1, 0.15) is 0 Å². The molecular weight excluding hydrogens is 326 g/mol. The third-order valence-corrected chi connectivity index (χ3v) is 5.41. The molecule has 1 N–H and O–H groups in total. The lowest BCUT2D eigenvalue weighted by atomic mass is 10.1. The van der Waals surface area contributed by atoms with E-state index in [1.165, 1.54) is 17.2 Å². The van der Waals surface area contributed by atoms with Crippen molar-refractivity contribution < 1.29 is 4.74 Å².